The fraction of sp³-hybridized carbons (Fsp3) is 0.933. The molecule has 0 bridgehead atoms. The van der Waals surface area contributed by atoms with Crippen LogP contribution in [0, 0.1) is 7.43 Å². The van der Waals surface area contributed by atoms with E-state index >= 15 is 0 Å². The van der Waals surface area contributed by atoms with E-state index in [0.717, 1.165) is 6.42 Å². The van der Waals surface area contributed by atoms with Crippen molar-refractivity contribution >= 4 is 0 Å². The Morgan fingerprint density at radius 1 is 0.682 bits per heavy atom. The van der Waals surface area contributed by atoms with Crippen LogP contribution in [0.1, 0.15) is 13.3 Å². The second-order valence-corrected chi connectivity index (χ2v) is 4.19. The van der Waals surface area contributed by atoms with Crippen molar-refractivity contribution in [1.82, 2.24) is 0 Å². The number of methoxy groups -OCH3 is 2. The molecule has 0 aromatic rings. The molecule has 1 unspecified atom stereocenters. The predicted molar refractivity (Wildman–Crippen MR) is 82.7 cm³/mol. The van der Waals surface area contributed by atoms with E-state index in [4.69, 9.17) is 28.4 Å². The molecule has 0 saturated carbocycles. The van der Waals surface area contributed by atoms with Crippen molar-refractivity contribution in [3.63, 3.8) is 0 Å². The summed E-state index contributed by atoms with van der Waals surface area (Å²) in [4.78, 5) is 0. The summed E-state index contributed by atoms with van der Waals surface area (Å²) < 4.78 is 31.6. The van der Waals surface area contributed by atoms with Crippen LogP contribution in [0.4, 0.5) is 0 Å². The average molecular weight is 398 g/mol. The van der Waals surface area contributed by atoms with Gasteiger partial charge in [0.15, 0.2) is 0 Å². The van der Waals surface area contributed by atoms with Crippen molar-refractivity contribution in [2.75, 3.05) is 73.7 Å². The zero-order valence-corrected chi connectivity index (χ0v) is 17.5. The maximum absolute atomic E-state index is 5.66. The van der Waals surface area contributed by atoms with E-state index in [0.29, 0.717) is 59.5 Å². The summed E-state index contributed by atoms with van der Waals surface area (Å²) in [5, 5.41) is 0. The molecule has 7 heteroatoms. The summed E-state index contributed by atoms with van der Waals surface area (Å²) in [6, 6.07) is 0. The second-order valence-electron chi connectivity index (χ2n) is 4.19. The van der Waals surface area contributed by atoms with Gasteiger partial charge in [0.2, 0.25) is 0 Å². The quantitative estimate of drug-likeness (QED) is 0.291. The molecule has 0 aromatic heterocycles. The molecule has 0 aliphatic carbocycles. The van der Waals surface area contributed by atoms with Gasteiger partial charge < -0.3 is 35.8 Å². The standard InChI is InChI=1S/C14H30O6.CH3.Y/c1-4-14(20-12-11-18-8-6-16-3)13-19-10-9-17-7-5-15-2;;/h14H,4-13H2,1-3H3;1H3;/q;-1;. The van der Waals surface area contributed by atoms with Crippen molar-refractivity contribution in [2.24, 2.45) is 0 Å². The van der Waals surface area contributed by atoms with Crippen molar-refractivity contribution < 1.29 is 61.1 Å². The van der Waals surface area contributed by atoms with Crippen LogP contribution in [0.5, 0.6) is 0 Å². The summed E-state index contributed by atoms with van der Waals surface area (Å²) in [5.41, 5.74) is 0. The largest absolute Gasteiger partial charge is 0.382 e. The van der Waals surface area contributed by atoms with Gasteiger partial charge in [-0.05, 0) is 6.42 Å². The molecular weight excluding hydrogens is 365 g/mol. The van der Waals surface area contributed by atoms with Gasteiger partial charge in [-0.25, -0.2) is 0 Å². The van der Waals surface area contributed by atoms with E-state index in [1.165, 1.54) is 0 Å². The SMILES string of the molecule is CCC(COCCOCCOC)OCCOCCOC.[CH3-].[Y]. The summed E-state index contributed by atoms with van der Waals surface area (Å²) in [6.45, 7) is 7.42. The van der Waals surface area contributed by atoms with Crippen LogP contribution in [0.3, 0.4) is 0 Å². The van der Waals surface area contributed by atoms with Crippen LogP contribution >= 0.6 is 0 Å². The summed E-state index contributed by atoms with van der Waals surface area (Å²) >= 11 is 0. The van der Waals surface area contributed by atoms with Crippen molar-refractivity contribution in [3.8, 4) is 0 Å². The molecule has 0 heterocycles. The number of rotatable bonds is 16. The Kier molecular flexibility index (Phi) is 30.4. The molecule has 0 rings (SSSR count). The van der Waals surface area contributed by atoms with Gasteiger partial charge in [0, 0.05) is 46.9 Å². The Bertz CT molecular complexity index is 185. The van der Waals surface area contributed by atoms with Gasteiger partial charge in [-0.1, -0.05) is 6.92 Å². The molecule has 0 saturated heterocycles. The van der Waals surface area contributed by atoms with Crippen molar-refractivity contribution in [3.05, 3.63) is 7.43 Å². The zero-order chi connectivity index (χ0) is 14.9. The van der Waals surface area contributed by atoms with Gasteiger partial charge in [-0.3, -0.25) is 0 Å². The predicted octanol–water partition coefficient (Wildman–Crippen LogP) is 1.57. The molecular formula is C15H33O6Y-. The maximum atomic E-state index is 5.66. The minimum Gasteiger partial charge on any atom is -0.382 e. The van der Waals surface area contributed by atoms with Crippen molar-refractivity contribution in [1.29, 1.82) is 0 Å². The van der Waals surface area contributed by atoms with Crippen LogP contribution in [-0.2, 0) is 61.1 Å². The Morgan fingerprint density at radius 3 is 1.64 bits per heavy atom. The third-order valence-electron chi connectivity index (χ3n) is 2.58. The first-order chi connectivity index (χ1) is 9.85. The molecule has 22 heavy (non-hydrogen) atoms. The zero-order valence-electron chi connectivity index (χ0n) is 14.7. The van der Waals surface area contributed by atoms with Crippen molar-refractivity contribution in [2.45, 2.75) is 19.4 Å². The Balaban J connectivity index is -0.00000180. The smallest absolute Gasteiger partial charge is 0.0807 e. The van der Waals surface area contributed by atoms with Gasteiger partial charge in [0.25, 0.3) is 0 Å². The fourth-order valence-corrected chi connectivity index (χ4v) is 1.38. The molecule has 0 spiro atoms. The molecule has 0 aliphatic rings. The minimum absolute atomic E-state index is 0. The Labute approximate surface area is 161 Å². The third-order valence-corrected chi connectivity index (χ3v) is 2.58. The van der Waals surface area contributed by atoms with E-state index < -0.39 is 0 Å². The molecule has 6 nitrogen and oxygen atoms in total. The first-order valence-corrected chi connectivity index (χ1v) is 7.17. The number of hydrogen-bond donors (Lipinski definition) is 0. The van der Waals surface area contributed by atoms with E-state index in [-0.39, 0.29) is 46.2 Å². The van der Waals surface area contributed by atoms with Crippen LogP contribution in [0.15, 0.2) is 0 Å². The van der Waals surface area contributed by atoms with Gasteiger partial charge in [-0.2, -0.15) is 0 Å². The Hall–Kier alpha value is 0.864. The van der Waals surface area contributed by atoms with E-state index in [2.05, 4.69) is 6.92 Å². The van der Waals surface area contributed by atoms with Crippen LogP contribution < -0.4 is 0 Å². The van der Waals surface area contributed by atoms with E-state index in [9.17, 15) is 0 Å². The Morgan fingerprint density at radius 2 is 1.14 bits per heavy atom. The van der Waals surface area contributed by atoms with Crippen LogP contribution in [0.25, 0.3) is 0 Å². The third kappa shape index (κ3) is 20.9. The first-order valence-electron chi connectivity index (χ1n) is 7.17. The van der Waals surface area contributed by atoms with Gasteiger partial charge >= 0.3 is 0 Å². The second kappa shape index (κ2) is 24.1. The topological polar surface area (TPSA) is 55.4 Å². The summed E-state index contributed by atoms with van der Waals surface area (Å²) in [6.07, 6.45) is 1.03. The van der Waals surface area contributed by atoms with E-state index in [1.54, 1.807) is 14.2 Å². The van der Waals surface area contributed by atoms with Gasteiger partial charge in [0.05, 0.1) is 65.6 Å². The minimum atomic E-state index is 0. The summed E-state index contributed by atoms with van der Waals surface area (Å²) in [5.74, 6) is 0. The normalized spacial score (nSPS) is 11.6. The number of hydrogen-bond acceptors (Lipinski definition) is 6. The molecule has 0 aromatic carbocycles. The molecule has 0 fully saturated rings. The molecule has 1 atom stereocenters. The summed E-state index contributed by atoms with van der Waals surface area (Å²) in [7, 11) is 3.31. The maximum Gasteiger partial charge on any atom is 0.0807 e. The number of ether oxygens (including phenoxy) is 6. The fourth-order valence-electron chi connectivity index (χ4n) is 1.38. The van der Waals surface area contributed by atoms with Gasteiger partial charge in [-0.15, -0.1) is 0 Å². The molecule has 0 N–H and O–H groups in total. The monoisotopic (exact) mass is 398 g/mol. The van der Waals surface area contributed by atoms with Gasteiger partial charge in [0.1, 0.15) is 0 Å². The average Bonchev–Trinajstić information content (AvgIpc) is 2.47. The van der Waals surface area contributed by atoms with Crippen LogP contribution in [-0.4, -0.2) is 79.8 Å². The van der Waals surface area contributed by atoms with E-state index in [1.807, 2.05) is 0 Å². The van der Waals surface area contributed by atoms with Crippen LogP contribution in [0.2, 0.25) is 0 Å². The first kappa shape index (κ1) is 27.7. The molecule has 0 aliphatic heterocycles. The molecule has 133 valence electrons. The molecule has 0 amide bonds. The molecule has 1 radical (unpaired) electrons.